The van der Waals surface area contributed by atoms with E-state index >= 15 is 0 Å². The fourth-order valence-electron chi connectivity index (χ4n) is 0.868. The van der Waals surface area contributed by atoms with Crippen molar-refractivity contribution in [3.63, 3.8) is 0 Å². The maximum Gasteiger partial charge on any atom is 0.338 e. The Morgan fingerprint density at radius 1 is 1.54 bits per heavy atom. The Bertz CT molecular complexity index is 256. The number of hydrogen-bond acceptors (Lipinski definition) is 3. The van der Waals surface area contributed by atoms with E-state index < -0.39 is 5.60 Å². The molecule has 0 N–H and O–H groups in total. The van der Waals surface area contributed by atoms with Gasteiger partial charge in [0, 0.05) is 0 Å². The Morgan fingerprint density at radius 2 is 2.23 bits per heavy atom. The molecule has 0 amide bonds. The average molecular weight is 182 g/mol. The van der Waals surface area contributed by atoms with Crippen molar-refractivity contribution in [2.45, 2.75) is 26.4 Å². The lowest BCUT2D eigenvalue weighted by molar-refractivity contribution is -0.150. The number of allylic oxidation sites excluding steroid dienone is 2. The molecule has 0 aromatic heterocycles. The molecule has 0 radical (unpaired) electrons. The van der Waals surface area contributed by atoms with E-state index in [0.29, 0.717) is 12.2 Å². The van der Waals surface area contributed by atoms with Crippen molar-refractivity contribution in [1.29, 1.82) is 0 Å². The van der Waals surface area contributed by atoms with Gasteiger partial charge in [0.1, 0.15) is 12.2 Å². The Balaban J connectivity index is 2.58. The third kappa shape index (κ3) is 3.32. The van der Waals surface area contributed by atoms with E-state index in [1.54, 1.807) is 18.4 Å². The normalized spacial score (nSPS) is 16.1. The van der Waals surface area contributed by atoms with Crippen molar-refractivity contribution >= 4 is 5.97 Å². The van der Waals surface area contributed by atoms with E-state index in [1.807, 2.05) is 20.8 Å². The predicted octanol–water partition coefficient (Wildman–Crippen LogP) is 1.80. The molecule has 3 heteroatoms. The van der Waals surface area contributed by atoms with E-state index in [4.69, 9.17) is 9.47 Å². The first-order valence-corrected chi connectivity index (χ1v) is 4.20. The molecule has 1 aliphatic heterocycles. The Morgan fingerprint density at radius 3 is 2.69 bits per heavy atom. The second-order valence-electron chi connectivity index (χ2n) is 3.83. The van der Waals surface area contributed by atoms with Crippen LogP contribution in [-0.2, 0) is 14.3 Å². The van der Waals surface area contributed by atoms with Gasteiger partial charge in [-0.3, -0.25) is 0 Å². The lowest BCUT2D eigenvalue weighted by Gasteiger charge is -2.20. The summed E-state index contributed by atoms with van der Waals surface area (Å²) in [6.07, 6.45) is 4.94. The second-order valence-corrected chi connectivity index (χ2v) is 3.83. The van der Waals surface area contributed by atoms with Crippen LogP contribution >= 0.6 is 0 Å². The summed E-state index contributed by atoms with van der Waals surface area (Å²) >= 11 is 0. The van der Waals surface area contributed by atoms with E-state index in [9.17, 15) is 4.79 Å². The van der Waals surface area contributed by atoms with Crippen molar-refractivity contribution in [2.75, 3.05) is 6.61 Å². The first-order chi connectivity index (χ1) is 5.99. The summed E-state index contributed by atoms with van der Waals surface area (Å²) in [6, 6.07) is 0. The zero-order valence-electron chi connectivity index (χ0n) is 8.16. The number of ether oxygens (including phenoxy) is 2. The monoisotopic (exact) mass is 182 g/mol. The molecular formula is C10H14O3. The number of esters is 1. The molecule has 0 spiro atoms. The topological polar surface area (TPSA) is 35.5 Å². The summed E-state index contributed by atoms with van der Waals surface area (Å²) in [5, 5.41) is 0. The molecule has 0 fully saturated rings. The molecule has 1 heterocycles. The van der Waals surface area contributed by atoms with Gasteiger partial charge < -0.3 is 9.47 Å². The van der Waals surface area contributed by atoms with Crippen LogP contribution in [0.2, 0.25) is 0 Å². The van der Waals surface area contributed by atoms with Crippen LogP contribution in [-0.4, -0.2) is 18.2 Å². The highest BCUT2D eigenvalue weighted by Gasteiger charge is 2.20. The highest BCUT2D eigenvalue weighted by atomic mass is 16.6. The Kier molecular flexibility index (Phi) is 2.76. The van der Waals surface area contributed by atoms with Gasteiger partial charge in [0.2, 0.25) is 0 Å². The summed E-state index contributed by atoms with van der Waals surface area (Å²) in [5.41, 5.74) is 0.108. The van der Waals surface area contributed by atoms with Crippen LogP contribution in [0.5, 0.6) is 0 Å². The number of hydrogen-bond donors (Lipinski definition) is 0. The molecular weight excluding hydrogens is 168 g/mol. The minimum absolute atomic E-state index is 0.297. The summed E-state index contributed by atoms with van der Waals surface area (Å²) in [4.78, 5) is 11.4. The summed E-state index contributed by atoms with van der Waals surface area (Å²) < 4.78 is 10.1. The van der Waals surface area contributed by atoms with Crippen molar-refractivity contribution in [1.82, 2.24) is 0 Å². The van der Waals surface area contributed by atoms with Crippen LogP contribution in [0.4, 0.5) is 0 Å². The Hall–Kier alpha value is -1.25. The van der Waals surface area contributed by atoms with E-state index in [2.05, 4.69) is 0 Å². The largest absolute Gasteiger partial charge is 0.496 e. The van der Waals surface area contributed by atoms with E-state index in [1.165, 1.54) is 0 Å². The van der Waals surface area contributed by atoms with Gasteiger partial charge in [-0.05, 0) is 32.9 Å². The van der Waals surface area contributed by atoms with Crippen LogP contribution in [0, 0.1) is 0 Å². The summed E-state index contributed by atoms with van der Waals surface area (Å²) in [5.74, 6) is -0.308. The van der Waals surface area contributed by atoms with Gasteiger partial charge in [0.05, 0.1) is 11.8 Å². The predicted molar refractivity (Wildman–Crippen MR) is 49.0 cm³/mol. The highest BCUT2D eigenvalue weighted by molar-refractivity contribution is 5.89. The SMILES string of the molecule is CC(C)(C)OC(=O)C1=CC=COC1. The quantitative estimate of drug-likeness (QED) is 0.580. The number of carbonyl (C=O) groups is 1. The van der Waals surface area contributed by atoms with E-state index in [-0.39, 0.29) is 5.97 Å². The molecule has 0 bridgehead atoms. The van der Waals surface area contributed by atoms with Gasteiger partial charge in [-0.1, -0.05) is 0 Å². The van der Waals surface area contributed by atoms with Crippen molar-refractivity contribution < 1.29 is 14.3 Å². The van der Waals surface area contributed by atoms with Crippen LogP contribution in [0.1, 0.15) is 20.8 Å². The summed E-state index contributed by atoms with van der Waals surface area (Å²) in [7, 11) is 0. The zero-order chi connectivity index (χ0) is 9.90. The van der Waals surface area contributed by atoms with Gasteiger partial charge in [-0.2, -0.15) is 0 Å². The van der Waals surface area contributed by atoms with Crippen molar-refractivity contribution in [3.8, 4) is 0 Å². The lowest BCUT2D eigenvalue weighted by atomic mass is 10.2. The fraction of sp³-hybridized carbons (Fsp3) is 0.500. The number of carbonyl (C=O) groups excluding carboxylic acids is 1. The molecule has 0 unspecified atom stereocenters. The fourth-order valence-corrected chi connectivity index (χ4v) is 0.868. The van der Waals surface area contributed by atoms with Gasteiger partial charge in [0.15, 0.2) is 0 Å². The van der Waals surface area contributed by atoms with Crippen LogP contribution in [0.3, 0.4) is 0 Å². The molecule has 0 saturated carbocycles. The average Bonchev–Trinajstić information content (AvgIpc) is 2.03. The molecule has 13 heavy (non-hydrogen) atoms. The first-order valence-electron chi connectivity index (χ1n) is 4.20. The molecule has 0 aromatic rings. The van der Waals surface area contributed by atoms with Gasteiger partial charge in [-0.15, -0.1) is 0 Å². The maximum absolute atomic E-state index is 11.4. The number of rotatable bonds is 1. The molecule has 1 aliphatic rings. The molecule has 1 rings (SSSR count). The molecule has 0 atom stereocenters. The van der Waals surface area contributed by atoms with Gasteiger partial charge >= 0.3 is 5.97 Å². The third-order valence-electron chi connectivity index (χ3n) is 1.37. The van der Waals surface area contributed by atoms with Crippen LogP contribution in [0.15, 0.2) is 24.0 Å². The zero-order valence-corrected chi connectivity index (χ0v) is 8.16. The Labute approximate surface area is 78.0 Å². The molecule has 72 valence electrons. The highest BCUT2D eigenvalue weighted by Crippen LogP contribution is 2.12. The van der Waals surface area contributed by atoms with Gasteiger partial charge in [0.25, 0.3) is 0 Å². The first kappa shape index (κ1) is 9.84. The molecule has 0 aromatic carbocycles. The molecule has 0 aliphatic carbocycles. The molecule has 0 saturated heterocycles. The lowest BCUT2D eigenvalue weighted by Crippen LogP contribution is -2.26. The van der Waals surface area contributed by atoms with Crippen molar-refractivity contribution in [3.05, 3.63) is 24.0 Å². The van der Waals surface area contributed by atoms with Crippen molar-refractivity contribution in [2.24, 2.45) is 0 Å². The standard InChI is InChI=1S/C10H14O3/c1-10(2,3)13-9(11)8-5-4-6-12-7-8/h4-6H,7H2,1-3H3. The van der Waals surface area contributed by atoms with Crippen LogP contribution in [0.25, 0.3) is 0 Å². The minimum Gasteiger partial charge on any atom is -0.496 e. The molecule has 3 nitrogen and oxygen atoms in total. The maximum atomic E-state index is 11.4. The van der Waals surface area contributed by atoms with E-state index in [0.717, 1.165) is 0 Å². The van der Waals surface area contributed by atoms with Crippen LogP contribution < -0.4 is 0 Å². The van der Waals surface area contributed by atoms with Gasteiger partial charge in [-0.25, -0.2) is 4.79 Å². The third-order valence-corrected chi connectivity index (χ3v) is 1.37. The second kappa shape index (κ2) is 3.64. The smallest absolute Gasteiger partial charge is 0.338 e. The minimum atomic E-state index is -0.445. The summed E-state index contributed by atoms with van der Waals surface area (Å²) in [6.45, 7) is 5.81.